The van der Waals surface area contributed by atoms with Gasteiger partial charge in [-0.2, -0.15) is 0 Å². The molecular formula is C29H38N4OS. The fraction of sp³-hybridized carbons (Fsp3) is 0.552. The van der Waals surface area contributed by atoms with Crippen molar-refractivity contribution in [3.8, 4) is 0 Å². The fourth-order valence-corrected chi connectivity index (χ4v) is 6.71. The molecule has 0 spiro atoms. The van der Waals surface area contributed by atoms with E-state index in [4.69, 9.17) is 9.97 Å². The van der Waals surface area contributed by atoms with Gasteiger partial charge >= 0.3 is 0 Å². The molecule has 1 saturated heterocycles. The lowest BCUT2D eigenvalue weighted by atomic mass is 9.89. The quantitative estimate of drug-likeness (QED) is 0.410. The molecule has 0 bridgehead atoms. The first kappa shape index (κ1) is 24.2. The van der Waals surface area contributed by atoms with E-state index in [0.717, 1.165) is 73.4 Å². The number of carbonyl (C=O) groups excluding carboxylic acids is 1. The van der Waals surface area contributed by atoms with Gasteiger partial charge in [-0.1, -0.05) is 46.2 Å². The Labute approximate surface area is 213 Å². The second kappa shape index (κ2) is 10.3. The minimum Gasteiger partial charge on any atom is -0.352 e. The number of fused-ring (bicyclic) bond motifs is 3. The third kappa shape index (κ3) is 4.95. The summed E-state index contributed by atoms with van der Waals surface area (Å²) in [7, 11) is 0. The maximum Gasteiger partial charge on any atom is 0.253 e. The van der Waals surface area contributed by atoms with Crippen molar-refractivity contribution < 1.29 is 4.79 Å². The summed E-state index contributed by atoms with van der Waals surface area (Å²) in [6.45, 7) is 12.0. The molecule has 0 radical (unpaired) electrons. The van der Waals surface area contributed by atoms with Crippen LogP contribution in [0.25, 0.3) is 10.2 Å². The number of nitrogens with zero attached hydrogens (tertiary/aromatic N) is 4. The van der Waals surface area contributed by atoms with Crippen LogP contribution in [0.5, 0.6) is 0 Å². The molecular weight excluding hydrogens is 452 g/mol. The number of amides is 1. The van der Waals surface area contributed by atoms with E-state index in [1.807, 2.05) is 28.4 Å². The number of anilines is 1. The van der Waals surface area contributed by atoms with Gasteiger partial charge < -0.3 is 9.80 Å². The number of unbranched alkanes of at least 4 members (excludes halogenated alkanes) is 1. The fourth-order valence-electron chi connectivity index (χ4n) is 5.33. The lowest BCUT2D eigenvalue weighted by Gasteiger charge is -2.36. The summed E-state index contributed by atoms with van der Waals surface area (Å²) < 4.78 is 0. The zero-order chi connectivity index (χ0) is 24.5. The molecule has 1 fully saturated rings. The van der Waals surface area contributed by atoms with Gasteiger partial charge in [-0.25, -0.2) is 9.97 Å². The van der Waals surface area contributed by atoms with Gasteiger partial charge in [-0.15, -0.1) is 11.3 Å². The minimum atomic E-state index is 0.143. The van der Waals surface area contributed by atoms with Gasteiger partial charge in [0, 0.05) is 42.5 Å². The molecule has 0 unspecified atom stereocenters. The summed E-state index contributed by atoms with van der Waals surface area (Å²) in [5, 5.41) is 1.28. The summed E-state index contributed by atoms with van der Waals surface area (Å²) in [4.78, 5) is 30.3. The molecule has 1 aliphatic carbocycles. The van der Waals surface area contributed by atoms with E-state index < -0.39 is 0 Å². The van der Waals surface area contributed by atoms with Crippen molar-refractivity contribution >= 4 is 33.3 Å². The number of rotatable bonds is 6. The normalized spacial score (nSPS) is 18.4. The Balaban J connectivity index is 1.35. The monoisotopic (exact) mass is 490 g/mol. The average Bonchev–Trinajstić information content (AvgIpc) is 3.24. The number of thiophene rings is 1. The van der Waals surface area contributed by atoms with Crippen molar-refractivity contribution in [3.05, 3.63) is 51.7 Å². The van der Waals surface area contributed by atoms with Crippen LogP contribution in [0.2, 0.25) is 0 Å². The molecule has 3 aromatic rings. The van der Waals surface area contributed by atoms with Crippen LogP contribution < -0.4 is 4.90 Å². The van der Waals surface area contributed by atoms with E-state index in [0.29, 0.717) is 5.92 Å². The predicted octanol–water partition coefficient (Wildman–Crippen LogP) is 6.24. The maximum absolute atomic E-state index is 13.2. The number of aromatic nitrogens is 2. The summed E-state index contributed by atoms with van der Waals surface area (Å²) >= 11 is 1.88. The number of carbonyl (C=O) groups is 1. The lowest BCUT2D eigenvalue weighted by Crippen LogP contribution is -2.49. The highest BCUT2D eigenvalue weighted by Crippen LogP contribution is 2.41. The molecule has 6 heteroatoms. The van der Waals surface area contributed by atoms with Gasteiger partial charge in [0.25, 0.3) is 5.91 Å². The minimum absolute atomic E-state index is 0.143. The van der Waals surface area contributed by atoms with E-state index in [1.165, 1.54) is 40.7 Å². The van der Waals surface area contributed by atoms with Crippen LogP contribution in [0.4, 0.5) is 5.82 Å². The summed E-state index contributed by atoms with van der Waals surface area (Å²) in [6, 6.07) is 8.23. The highest BCUT2D eigenvalue weighted by atomic mass is 32.1. The van der Waals surface area contributed by atoms with Crippen molar-refractivity contribution in [2.24, 2.45) is 5.92 Å². The van der Waals surface area contributed by atoms with Crippen molar-refractivity contribution in [2.45, 2.75) is 72.1 Å². The lowest BCUT2D eigenvalue weighted by molar-refractivity contribution is 0.0746. The van der Waals surface area contributed by atoms with Gasteiger partial charge in [0.15, 0.2) is 0 Å². The average molecular weight is 491 g/mol. The Kier molecular flexibility index (Phi) is 7.10. The SMILES string of the molecule is CCCCc1ccc(C(=O)N2CCN(c3nc(C(C)C)nc4sc5c(c34)CC[C@@H](C)C5)CC2)cc1. The van der Waals surface area contributed by atoms with Crippen molar-refractivity contribution in [1.82, 2.24) is 14.9 Å². The zero-order valence-corrected chi connectivity index (χ0v) is 22.5. The standard InChI is InChI=1S/C29H38N4OS/c1-5-6-7-21-9-11-22(12-10-21)29(34)33-16-14-32(15-17-33)27-25-23-13-8-20(4)18-24(23)35-28(25)31-26(30-27)19(2)3/h9-12,19-20H,5-8,13-18H2,1-4H3/t20-/m1/s1. The maximum atomic E-state index is 13.2. The largest absolute Gasteiger partial charge is 0.352 e. The van der Waals surface area contributed by atoms with Crippen LogP contribution in [0, 0.1) is 5.92 Å². The third-order valence-electron chi connectivity index (χ3n) is 7.56. The molecule has 1 atom stereocenters. The second-order valence-electron chi connectivity index (χ2n) is 10.7. The van der Waals surface area contributed by atoms with E-state index in [1.54, 1.807) is 0 Å². The number of benzene rings is 1. The van der Waals surface area contributed by atoms with Gasteiger partial charge in [0.1, 0.15) is 16.5 Å². The molecule has 3 heterocycles. The highest BCUT2D eigenvalue weighted by Gasteiger charge is 2.29. The summed E-state index contributed by atoms with van der Waals surface area (Å²) in [5.41, 5.74) is 3.59. The van der Waals surface area contributed by atoms with Crippen molar-refractivity contribution in [1.29, 1.82) is 0 Å². The molecule has 2 aliphatic rings. The molecule has 1 aliphatic heterocycles. The third-order valence-corrected chi connectivity index (χ3v) is 8.70. The zero-order valence-electron chi connectivity index (χ0n) is 21.6. The molecule has 1 aromatic carbocycles. The van der Waals surface area contributed by atoms with Crippen molar-refractivity contribution in [3.63, 3.8) is 0 Å². The van der Waals surface area contributed by atoms with E-state index in [2.05, 4.69) is 44.7 Å². The summed E-state index contributed by atoms with van der Waals surface area (Å²) in [6.07, 6.45) is 6.99. The van der Waals surface area contributed by atoms with Crippen LogP contribution in [-0.4, -0.2) is 47.0 Å². The van der Waals surface area contributed by atoms with Crippen LogP contribution in [0.15, 0.2) is 24.3 Å². The Bertz CT molecular complexity index is 1190. The molecule has 2 aromatic heterocycles. The van der Waals surface area contributed by atoms with Gasteiger partial charge in [-0.05, 0) is 61.3 Å². The number of hydrogen-bond acceptors (Lipinski definition) is 5. The Morgan fingerprint density at radius 2 is 1.86 bits per heavy atom. The Hall–Kier alpha value is -2.47. The molecule has 5 rings (SSSR count). The number of piperazine rings is 1. The van der Waals surface area contributed by atoms with E-state index >= 15 is 0 Å². The van der Waals surface area contributed by atoms with E-state index in [-0.39, 0.29) is 5.91 Å². The molecule has 35 heavy (non-hydrogen) atoms. The number of hydrogen-bond donors (Lipinski definition) is 0. The topological polar surface area (TPSA) is 49.3 Å². The summed E-state index contributed by atoms with van der Waals surface area (Å²) in [5.74, 6) is 3.20. The van der Waals surface area contributed by atoms with Gasteiger partial charge in [-0.3, -0.25) is 4.79 Å². The first-order valence-corrected chi connectivity index (χ1v) is 14.2. The molecule has 5 nitrogen and oxygen atoms in total. The van der Waals surface area contributed by atoms with Crippen LogP contribution in [0.3, 0.4) is 0 Å². The highest BCUT2D eigenvalue weighted by molar-refractivity contribution is 7.19. The Morgan fingerprint density at radius 3 is 2.54 bits per heavy atom. The van der Waals surface area contributed by atoms with Crippen molar-refractivity contribution in [2.75, 3.05) is 31.1 Å². The second-order valence-corrected chi connectivity index (χ2v) is 11.8. The number of aryl methyl sites for hydroxylation is 2. The predicted molar refractivity (Wildman–Crippen MR) is 146 cm³/mol. The van der Waals surface area contributed by atoms with Gasteiger partial charge in [0.2, 0.25) is 0 Å². The van der Waals surface area contributed by atoms with Crippen LogP contribution >= 0.6 is 11.3 Å². The van der Waals surface area contributed by atoms with Crippen LogP contribution in [0.1, 0.15) is 85.1 Å². The first-order chi connectivity index (χ1) is 16.9. The molecule has 1 amide bonds. The van der Waals surface area contributed by atoms with E-state index in [9.17, 15) is 4.79 Å². The Morgan fingerprint density at radius 1 is 1.11 bits per heavy atom. The van der Waals surface area contributed by atoms with Crippen LogP contribution in [-0.2, 0) is 19.3 Å². The molecule has 0 saturated carbocycles. The molecule has 186 valence electrons. The van der Waals surface area contributed by atoms with Gasteiger partial charge in [0.05, 0.1) is 5.39 Å². The molecule has 0 N–H and O–H groups in total. The first-order valence-electron chi connectivity index (χ1n) is 13.4. The smallest absolute Gasteiger partial charge is 0.253 e.